The summed E-state index contributed by atoms with van der Waals surface area (Å²) in [6.07, 6.45) is 1.37. The van der Waals surface area contributed by atoms with Crippen molar-refractivity contribution in [2.24, 2.45) is 0 Å². The van der Waals surface area contributed by atoms with Gasteiger partial charge in [0.15, 0.2) is 0 Å². The normalized spacial score (nSPS) is 12.1. The van der Waals surface area contributed by atoms with E-state index in [1.165, 1.54) is 11.2 Å². The summed E-state index contributed by atoms with van der Waals surface area (Å²) in [5.41, 5.74) is 0.738. The number of halogens is 1. The predicted octanol–water partition coefficient (Wildman–Crippen LogP) is 1.33. The van der Waals surface area contributed by atoms with Crippen molar-refractivity contribution >= 4 is 23.3 Å². The Morgan fingerprint density at radius 2 is 2.12 bits per heavy atom. The molecule has 0 saturated carbocycles. The predicted molar refractivity (Wildman–Crippen MR) is 63.6 cm³/mol. The van der Waals surface area contributed by atoms with Crippen LogP contribution >= 0.6 is 11.6 Å². The Hall–Kier alpha value is -1.36. The highest BCUT2D eigenvalue weighted by Gasteiger charge is 2.16. The first-order chi connectivity index (χ1) is 7.43. The third-order valence-corrected chi connectivity index (χ3v) is 2.57. The van der Waals surface area contributed by atoms with Crippen LogP contribution in [0.2, 0.25) is 5.15 Å². The maximum absolute atomic E-state index is 11.6. The van der Waals surface area contributed by atoms with Gasteiger partial charge in [-0.2, -0.15) is 0 Å². The van der Waals surface area contributed by atoms with Crippen molar-refractivity contribution in [3.05, 3.63) is 17.0 Å². The van der Waals surface area contributed by atoms with Crippen LogP contribution in [0, 0.1) is 6.92 Å². The van der Waals surface area contributed by atoms with Crippen LogP contribution < -0.4 is 5.32 Å². The van der Waals surface area contributed by atoms with Gasteiger partial charge in [-0.05, 0) is 13.8 Å². The molecule has 0 aliphatic rings. The monoisotopic (exact) mass is 242 g/mol. The maximum atomic E-state index is 11.6. The average molecular weight is 243 g/mol. The van der Waals surface area contributed by atoms with Gasteiger partial charge in [-0.1, -0.05) is 11.6 Å². The topological polar surface area (TPSA) is 58.1 Å². The molecule has 0 fully saturated rings. The van der Waals surface area contributed by atoms with Crippen LogP contribution in [0.15, 0.2) is 6.33 Å². The van der Waals surface area contributed by atoms with E-state index in [1.54, 1.807) is 27.9 Å². The lowest BCUT2D eigenvalue weighted by molar-refractivity contribution is -0.129. The van der Waals surface area contributed by atoms with Crippen LogP contribution in [0.25, 0.3) is 0 Å². The average Bonchev–Trinajstić information content (AvgIpc) is 2.23. The molecule has 88 valence electrons. The number of nitrogens with zero attached hydrogens (tertiary/aromatic N) is 3. The molecule has 1 amide bonds. The van der Waals surface area contributed by atoms with Crippen molar-refractivity contribution < 1.29 is 4.79 Å². The van der Waals surface area contributed by atoms with Gasteiger partial charge >= 0.3 is 0 Å². The largest absolute Gasteiger partial charge is 0.358 e. The summed E-state index contributed by atoms with van der Waals surface area (Å²) in [6, 6.07) is -0.348. The van der Waals surface area contributed by atoms with E-state index in [2.05, 4.69) is 15.3 Å². The van der Waals surface area contributed by atoms with Gasteiger partial charge in [0, 0.05) is 19.7 Å². The summed E-state index contributed by atoms with van der Waals surface area (Å²) in [4.78, 5) is 21.0. The molecule has 0 saturated heterocycles. The SMILES string of the molecule is Cc1c(Cl)ncnc1NC(C)C(=O)N(C)C. The van der Waals surface area contributed by atoms with Crippen LogP contribution in [-0.4, -0.2) is 40.9 Å². The Morgan fingerprint density at radius 3 is 2.69 bits per heavy atom. The smallest absolute Gasteiger partial charge is 0.244 e. The summed E-state index contributed by atoms with van der Waals surface area (Å²) >= 11 is 5.85. The maximum Gasteiger partial charge on any atom is 0.244 e. The molecule has 1 rings (SSSR count). The molecule has 0 bridgehead atoms. The molecule has 0 radical (unpaired) electrons. The van der Waals surface area contributed by atoms with Crippen molar-refractivity contribution in [1.82, 2.24) is 14.9 Å². The number of nitrogens with one attached hydrogen (secondary N) is 1. The van der Waals surface area contributed by atoms with E-state index in [0.717, 1.165) is 5.56 Å². The number of rotatable bonds is 3. The molecule has 0 spiro atoms. The third kappa shape index (κ3) is 2.82. The molecule has 1 aromatic heterocycles. The number of carbonyl (C=O) groups excluding carboxylic acids is 1. The molecule has 1 N–H and O–H groups in total. The lowest BCUT2D eigenvalue weighted by atomic mass is 10.2. The van der Waals surface area contributed by atoms with Crippen LogP contribution in [0.1, 0.15) is 12.5 Å². The molecule has 0 aliphatic carbocycles. The van der Waals surface area contributed by atoms with Crippen LogP contribution in [0.3, 0.4) is 0 Å². The minimum Gasteiger partial charge on any atom is -0.358 e. The van der Waals surface area contributed by atoms with Gasteiger partial charge in [0.1, 0.15) is 23.3 Å². The Kier molecular flexibility index (Phi) is 4.06. The molecule has 1 aromatic rings. The summed E-state index contributed by atoms with van der Waals surface area (Å²) < 4.78 is 0. The van der Waals surface area contributed by atoms with Gasteiger partial charge in [-0.25, -0.2) is 9.97 Å². The second-order valence-corrected chi connectivity index (χ2v) is 4.09. The van der Waals surface area contributed by atoms with Gasteiger partial charge in [0.05, 0.1) is 0 Å². The molecule has 6 heteroatoms. The van der Waals surface area contributed by atoms with E-state index in [0.29, 0.717) is 11.0 Å². The van der Waals surface area contributed by atoms with Gasteiger partial charge in [-0.3, -0.25) is 4.79 Å². The van der Waals surface area contributed by atoms with E-state index in [1.807, 2.05) is 0 Å². The van der Waals surface area contributed by atoms with Gasteiger partial charge in [0.25, 0.3) is 0 Å². The molecule has 1 heterocycles. The molecule has 16 heavy (non-hydrogen) atoms. The Bertz CT molecular complexity index is 394. The second-order valence-electron chi connectivity index (χ2n) is 3.74. The molecular formula is C10H15ClN4O. The first kappa shape index (κ1) is 12.7. The van der Waals surface area contributed by atoms with E-state index >= 15 is 0 Å². The fraction of sp³-hybridized carbons (Fsp3) is 0.500. The van der Waals surface area contributed by atoms with E-state index in [-0.39, 0.29) is 11.9 Å². The standard InChI is InChI=1S/C10H15ClN4O/c1-6-8(11)12-5-13-9(6)14-7(2)10(16)15(3)4/h5,7H,1-4H3,(H,12,13,14). The number of anilines is 1. The molecule has 5 nitrogen and oxygen atoms in total. The number of likely N-dealkylation sites (N-methyl/N-ethyl adjacent to an activating group) is 1. The number of carbonyl (C=O) groups is 1. The molecule has 1 atom stereocenters. The Labute approximate surface area is 99.8 Å². The van der Waals surface area contributed by atoms with Crippen LogP contribution in [0.4, 0.5) is 5.82 Å². The number of hydrogen-bond donors (Lipinski definition) is 1. The minimum atomic E-state index is -0.348. The summed E-state index contributed by atoms with van der Waals surface area (Å²) in [6.45, 7) is 3.58. The highest BCUT2D eigenvalue weighted by atomic mass is 35.5. The van der Waals surface area contributed by atoms with Crippen molar-refractivity contribution in [3.63, 3.8) is 0 Å². The number of hydrogen-bond acceptors (Lipinski definition) is 4. The Balaban J connectivity index is 2.81. The zero-order valence-corrected chi connectivity index (χ0v) is 10.5. The van der Waals surface area contributed by atoms with Crippen molar-refractivity contribution in [2.75, 3.05) is 19.4 Å². The van der Waals surface area contributed by atoms with Gasteiger partial charge < -0.3 is 10.2 Å². The van der Waals surface area contributed by atoms with Crippen molar-refractivity contribution in [1.29, 1.82) is 0 Å². The molecule has 1 unspecified atom stereocenters. The van der Waals surface area contributed by atoms with Crippen molar-refractivity contribution in [3.8, 4) is 0 Å². The lowest BCUT2D eigenvalue weighted by Gasteiger charge is -2.19. The fourth-order valence-corrected chi connectivity index (χ4v) is 1.36. The summed E-state index contributed by atoms with van der Waals surface area (Å²) in [5, 5.41) is 3.40. The van der Waals surface area contributed by atoms with E-state index in [4.69, 9.17) is 11.6 Å². The summed E-state index contributed by atoms with van der Waals surface area (Å²) in [7, 11) is 3.42. The number of amides is 1. The molecular weight excluding hydrogens is 228 g/mol. The van der Waals surface area contributed by atoms with E-state index < -0.39 is 0 Å². The second kappa shape index (κ2) is 5.12. The highest BCUT2D eigenvalue weighted by Crippen LogP contribution is 2.18. The molecule has 0 aromatic carbocycles. The minimum absolute atomic E-state index is 0.0193. The summed E-state index contributed by atoms with van der Waals surface area (Å²) in [5.74, 6) is 0.567. The molecule has 0 aliphatic heterocycles. The van der Waals surface area contributed by atoms with Crippen LogP contribution in [0.5, 0.6) is 0 Å². The first-order valence-corrected chi connectivity index (χ1v) is 5.26. The van der Waals surface area contributed by atoms with Crippen LogP contribution in [-0.2, 0) is 4.79 Å². The Morgan fingerprint density at radius 1 is 1.50 bits per heavy atom. The van der Waals surface area contributed by atoms with Gasteiger partial charge in [-0.15, -0.1) is 0 Å². The van der Waals surface area contributed by atoms with Crippen molar-refractivity contribution in [2.45, 2.75) is 19.9 Å². The van der Waals surface area contributed by atoms with E-state index in [9.17, 15) is 4.79 Å². The zero-order valence-electron chi connectivity index (χ0n) is 9.78. The first-order valence-electron chi connectivity index (χ1n) is 4.88. The fourth-order valence-electron chi connectivity index (χ4n) is 1.23. The zero-order chi connectivity index (χ0) is 12.3. The lowest BCUT2D eigenvalue weighted by Crippen LogP contribution is -2.37. The third-order valence-electron chi connectivity index (χ3n) is 2.19. The van der Waals surface area contributed by atoms with Gasteiger partial charge in [0.2, 0.25) is 5.91 Å². The number of aromatic nitrogens is 2. The highest BCUT2D eigenvalue weighted by molar-refractivity contribution is 6.30. The quantitative estimate of drug-likeness (QED) is 0.813.